The summed E-state index contributed by atoms with van der Waals surface area (Å²) in [5.74, 6) is 12.1. The number of hydrogen-bond acceptors (Lipinski definition) is 13. The van der Waals surface area contributed by atoms with Gasteiger partial charge in [0.2, 0.25) is 11.1 Å². The minimum atomic E-state index is -0.746. The van der Waals surface area contributed by atoms with Gasteiger partial charge in [-0.3, -0.25) is 28.8 Å². The number of rotatable bonds is 12. The fraction of sp³-hybridized carbons (Fsp3) is 0.240. The van der Waals surface area contributed by atoms with Gasteiger partial charge in [0.05, 0.1) is 12.1 Å². The standard InChI is InChI=1S/C25H27N7O3.C21H23N7O2.C4H5ClO/c1-14(2)25(35)31-12-4-5-18(31)23-30-20(21(22(26)33)32(23)27)16-7-9-17(10-8-16)24(34)29-19-11-6-15(3)13-28-19;1-12-4-9-16(25-11-12)26-21(30)14-7-5-13(6-8-14)17-18(19(22)29)28(23)20(27-17)15-3-2-10-24-15;1-3(2)4(5)6/h6-11,13,18H,1,4-5,12,27H2,2-3H3,(H2,26,33)(H,28,29,34);4-9,11,15,24H,2-3,10,23H2,1H3,(H2,22,29)(H,25,26,30);1H2,2H3/t18-;15-;/m00./s1. The third-order valence-corrected chi connectivity index (χ3v) is 11.7. The van der Waals surface area contributed by atoms with Crippen LogP contribution in [0.3, 0.4) is 0 Å². The van der Waals surface area contributed by atoms with Crippen LogP contribution < -0.4 is 39.1 Å². The van der Waals surface area contributed by atoms with Crippen molar-refractivity contribution in [2.45, 2.75) is 65.5 Å². The molecular formula is C50H55ClN14O6. The van der Waals surface area contributed by atoms with Crippen LogP contribution in [0.25, 0.3) is 22.5 Å². The minimum absolute atomic E-state index is 0.0195. The number of carbonyl (C=O) groups is 6. The molecule has 6 heterocycles. The number of aromatic nitrogens is 6. The number of allylic oxidation sites excluding steroid dienone is 1. The number of amides is 5. The number of nitrogen functional groups attached to an aromatic ring is 2. The lowest BCUT2D eigenvalue weighted by molar-refractivity contribution is -0.128. The van der Waals surface area contributed by atoms with Gasteiger partial charge >= 0.3 is 0 Å². The molecule has 2 aliphatic rings. The Balaban J connectivity index is 0.000000210. The van der Waals surface area contributed by atoms with E-state index in [1.54, 1.807) is 91.8 Å². The summed E-state index contributed by atoms with van der Waals surface area (Å²) in [4.78, 5) is 91.0. The molecule has 21 heteroatoms. The molecule has 20 nitrogen and oxygen atoms in total. The minimum Gasteiger partial charge on any atom is -0.364 e. The summed E-state index contributed by atoms with van der Waals surface area (Å²) in [7, 11) is 0. The van der Waals surface area contributed by atoms with Crippen LogP contribution in [0.1, 0.15) is 116 Å². The predicted octanol–water partition coefficient (Wildman–Crippen LogP) is 5.63. The van der Waals surface area contributed by atoms with Gasteiger partial charge in [0.1, 0.15) is 28.8 Å². The van der Waals surface area contributed by atoms with Gasteiger partial charge in [-0.2, -0.15) is 0 Å². The monoisotopic (exact) mass is 982 g/mol. The van der Waals surface area contributed by atoms with Crippen molar-refractivity contribution >= 4 is 58.0 Å². The van der Waals surface area contributed by atoms with Crippen LogP contribution >= 0.6 is 11.6 Å². The number of aryl methyl sites for hydroxylation is 2. The summed E-state index contributed by atoms with van der Waals surface area (Å²) in [6.45, 7) is 15.5. The number of anilines is 2. The van der Waals surface area contributed by atoms with Gasteiger partial charge in [-0.25, -0.2) is 29.3 Å². The Morgan fingerprint density at radius 1 is 0.662 bits per heavy atom. The first-order valence-electron chi connectivity index (χ1n) is 22.3. The normalized spacial score (nSPS) is 14.8. The summed E-state index contributed by atoms with van der Waals surface area (Å²) in [5, 5.41) is 8.35. The fourth-order valence-corrected chi connectivity index (χ4v) is 7.70. The molecule has 2 saturated heterocycles. The highest BCUT2D eigenvalue weighted by Crippen LogP contribution is 2.35. The molecule has 6 aromatic rings. The zero-order valence-corrected chi connectivity index (χ0v) is 40.4. The van der Waals surface area contributed by atoms with E-state index < -0.39 is 23.1 Å². The highest BCUT2D eigenvalue weighted by Gasteiger charge is 2.36. The molecule has 4 aromatic heterocycles. The lowest BCUT2D eigenvalue weighted by Gasteiger charge is -2.24. The smallest absolute Gasteiger partial charge is 0.269 e. The molecule has 71 heavy (non-hydrogen) atoms. The number of halogens is 1. The lowest BCUT2D eigenvalue weighted by Crippen LogP contribution is -2.34. The van der Waals surface area contributed by atoms with Gasteiger partial charge in [-0.15, -0.1) is 0 Å². The zero-order valence-electron chi connectivity index (χ0n) is 39.7. The van der Waals surface area contributed by atoms with Crippen molar-refractivity contribution in [2.24, 2.45) is 11.5 Å². The molecule has 0 saturated carbocycles. The summed E-state index contributed by atoms with van der Waals surface area (Å²) in [5.41, 5.74) is 16.9. The van der Waals surface area contributed by atoms with Crippen molar-refractivity contribution in [3.8, 4) is 22.5 Å². The van der Waals surface area contributed by atoms with E-state index in [-0.39, 0.29) is 40.8 Å². The van der Waals surface area contributed by atoms with Crippen LogP contribution in [0.2, 0.25) is 0 Å². The predicted molar refractivity (Wildman–Crippen MR) is 271 cm³/mol. The largest absolute Gasteiger partial charge is 0.364 e. The summed E-state index contributed by atoms with van der Waals surface area (Å²) >= 11 is 4.87. The van der Waals surface area contributed by atoms with Crippen LogP contribution in [0.15, 0.2) is 109 Å². The third kappa shape index (κ3) is 12.4. The molecule has 11 N–H and O–H groups in total. The Kier molecular flexibility index (Phi) is 16.6. The number of pyridine rings is 2. The molecule has 2 aromatic carbocycles. The highest BCUT2D eigenvalue weighted by atomic mass is 35.5. The number of hydrogen-bond donors (Lipinski definition) is 7. The summed E-state index contributed by atoms with van der Waals surface area (Å²) < 4.78 is 2.43. The number of benzene rings is 2. The quantitative estimate of drug-likeness (QED) is 0.0445. The molecule has 2 aliphatic heterocycles. The number of primary amides is 2. The summed E-state index contributed by atoms with van der Waals surface area (Å²) in [6.07, 6.45) is 6.68. The molecule has 0 aliphatic carbocycles. The average molecular weight is 984 g/mol. The molecule has 368 valence electrons. The molecule has 0 radical (unpaired) electrons. The van der Waals surface area contributed by atoms with Crippen molar-refractivity contribution in [3.63, 3.8) is 0 Å². The molecule has 8 rings (SSSR count). The molecular weight excluding hydrogens is 928 g/mol. The Labute approximate surface area is 414 Å². The first-order valence-corrected chi connectivity index (χ1v) is 22.7. The van der Waals surface area contributed by atoms with E-state index in [0.717, 1.165) is 41.6 Å². The maximum atomic E-state index is 12.6. The van der Waals surface area contributed by atoms with Crippen molar-refractivity contribution in [1.82, 2.24) is 39.5 Å². The van der Waals surface area contributed by atoms with E-state index in [9.17, 15) is 28.8 Å². The number of nitrogens with one attached hydrogen (secondary N) is 3. The zero-order chi connectivity index (χ0) is 51.7. The maximum absolute atomic E-state index is 12.6. The Morgan fingerprint density at radius 2 is 1.11 bits per heavy atom. The molecule has 0 spiro atoms. The highest BCUT2D eigenvalue weighted by molar-refractivity contribution is 6.67. The van der Waals surface area contributed by atoms with E-state index in [1.165, 1.54) is 4.68 Å². The van der Waals surface area contributed by atoms with Crippen LogP contribution in [0.5, 0.6) is 0 Å². The van der Waals surface area contributed by atoms with E-state index in [4.69, 9.17) is 34.8 Å². The number of carbonyl (C=O) groups excluding carboxylic acids is 6. The average Bonchev–Trinajstić information content (AvgIpc) is 4.17. The van der Waals surface area contributed by atoms with Gasteiger partial charge in [-0.05, 0) is 119 Å². The molecule has 2 fully saturated rings. The first-order chi connectivity index (χ1) is 33.7. The van der Waals surface area contributed by atoms with Gasteiger partial charge < -0.3 is 44.0 Å². The van der Waals surface area contributed by atoms with Crippen LogP contribution in [-0.4, -0.2) is 82.1 Å². The van der Waals surface area contributed by atoms with Crippen LogP contribution in [0.4, 0.5) is 11.6 Å². The van der Waals surface area contributed by atoms with Gasteiger partial charge in [0.15, 0.2) is 17.2 Å². The van der Waals surface area contributed by atoms with Crippen molar-refractivity contribution in [1.29, 1.82) is 0 Å². The Morgan fingerprint density at radius 3 is 1.49 bits per heavy atom. The van der Waals surface area contributed by atoms with Gasteiger partial charge in [0.25, 0.3) is 23.6 Å². The number of imidazole rings is 2. The second-order valence-electron chi connectivity index (χ2n) is 16.9. The Hall–Kier alpha value is -8.49. The second-order valence-corrected chi connectivity index (χ2v) is 17.3. The number of likely N-dealkylation sites (tertiary alicyclic amines) is 1. The topological polar surface area (TPSA) is 307 Å². The van der Waals surface area contributed by atoms with Gasteiger partial charge in [-0.1, -0.05) is 49.6 Å². The first kappa shape index (κ1) is 51.9. The second kappa shape index (κ2) is 22.7. The molecule has 0 bridgehead atoms. The SMILES string of the molecule is C=C(C)C(=O)Cl.C=C(C)C(=O)N1CCC[C@H]1c1nc(-c2ccc(C(=O)Nc3ccc(C)cn3)cc2)c(C(N)=O)n1N.Cc1ccc(NC(=O)c2ccc(-c3nc([C@@H]4CCCN4)n(N)c3C(N)=O)cc2)nc1. The molecule has 2 atom stereocenters. The van der Waals surface area contributed by atoms with E-state index >= 15 is 0 Å². The molecule has 5 amide bonds. The number of nitrogens with two attached hydrogens (primary N) is 4. The van der Waals surface area contributed by atoms with Crippen molar-refractivity contribution < 1.29 is 28.8 Å². The number of nitrogens with zero attached hydrogens (tertiary/aromatic N) is 7. The maximum Gasteiger partial charge on any atom is 0.269 e. The van der Waals surface area contributed by atoms with E-state index in [2.05, 4.69) is 49.0 Å². The van der Waals surface area contributed by atoms with Crippen molar-refractivity contribution in [2.75, 3.05) is 35.4 Å². The fourth-order valence-electron chi connectivity index (χ4n) is 7.70. The van der Waals surface area contributed by atoms with Gasteiger partial charge in [0, 0.05) is 52.3 Å². The van der Waals surface area contributed by atoms with E-state index in [1.807, 2.05) is 26.0 Å². The lowest BCUT2D eigenvalue weighted by atomic mass is 10.1. The van der Waals surface area contributed by atoms with E-state index in [0.29, 0.717) is 75.3 Å². The van der Waals surface area contributed by atoms with Crippen LogP contribution in [0, 0.1) is 13.8 Å². The van der Waals surface area contributed by atoms with Crippen molar-refractivity contribution in [3.05, 3.63) is 155 Å². The Bertz CT molecular complexity index is 2980. The third-order valence-electron chi connectivity index (χ3n) is 11.4. The summed E-state index contributed by atoms with van der Waals surface area (Å²) in [6, 6.07) is 20.1. The van der Waals surface area contributed by atoms with Crippen LogP contribution in [-0.2, 0) is 9.59 Å². The molecule has 0 unspecified atom stereocenters.